The first-order chi connectivity index (χ1) is 12.8. The van der Waals surface area contributed by atoms with Crippen LogP contribution >= 0.6 is 12.4 Å². The lowest BCUT2D eigenvalue weighted by atomic mass is 9.96. The monoisotopic (exact) mass is 432 g/mol. The largest absolute Gasteiger partial charge is 0.362 e. The second-order valence-corrected chi connectivity index (χ2v) is 9.03. The number of hydrogen-bond donors (Lipinski definition) is 1. The normalized spacial score (nSPS) is 18.5. The van der Waals surface area contributed by atoms with Crippen molar-refractivity contribution < 1.29 is 18.1 Å². The molecule has 2 fully saturated rings. The molecule has 2 saturated heterocycles. The Bertz CT molecular complexity index is 834. The summed E-state index contributed by atoms with van der Waals surface area (Å²) in [5.41, 5.74) is 0.164. The molecular weight excluding hydrogens is 408 g/mol. The van der Waals surface area contributed by atoms with E-state index in [2.05, 4.69) is 5.32 Å². The Morgan fingerprint density at radius 2 is 1.79 bits per heavy atom. The van der Waals surface area contributed by atoms with Crippen LogP contribution < -0.4 is 10.2 Å². The van der Waals surface area contributed by atoms with Crippen LogP contribution in [0, 0.1) is 16.0 Å². The van der Waals surface area contributed by atoms with E-state index in [1.807, 2.05) is 9.80 Å². The molecule has 0 saturated carbocycles. The molecule has 0 unspecified atom stereocenters. The van der Waals surface area contributed by atoms with Crippen molar-refractivity contribution in [2.75, 3.05) is 50.4 Å². The van der Waals surface area contributed by atoms with Crippen LogP contribution in [0.15, 0.2) is 23.1 Å². The third-order valence-electron chi connectivity index (χ3n) is 5.19. The molecule has 0 aromatic heterocycles. The van der Waals surface area contributed by atoms with E-state index < -0.39 is 14.8 Å². The van der Waals surface area contributed by atoms with Crippen LogP contribution in [0.4, 0.5) is 11.4 Å². The van der Waals surface area contributed by atoms with Crippen molar-refractivity contribution in [2.24, 2.45) is 5.92 Å². The number of carbonyl (C=O) groups excluding carboxylic acids is 1. The number of piperidine rings is 1. The Hall–Kier alpha value is -1.91. The summed E-state index contributed by atoms with van der Waals surface area (Å²) >= 11 is 0. The highest BCUT2D eigenvalue weighted by Gasteiger charge is 2.30. The molecule has 0 bridgehead atoms. The van der Waals surface area contributed by atoms with Crippen molar-refractivity contribution in [3.63, 3.8) is 0 Å². The second kappa shape index (κ2) is 9.06. The highest BCUT2D eigenvalue weighted by atomic mass is 35.5. The van der Waals surface area contributed by atoms with Gasteiger partial charge in [-0.1, -0.05) is 0 Å². The zero-order chi connectivity index (χ0) is 19.6. The Morgan fingerprint density at radius 1 is 1.18 bits per heavy atom. The summed E-state index contributed by atoms with van der Waals surface area (Å²) in [5.74, 6) is 0.222. The fraction of sp³-hybridized carbons (Fsp3) is 0.588. The zero-order valence-corrected chi connectivity index (χ0v) is 17.3. The fourth-order valence-corrected chi connectivity index (χ4v) is 4.28. The lowest BCUT2D eigenvalue weighted by molar-refractivity contribution is -0.384. The van der Waals surface area contributed by atoms with Gasteiger partial charge >= 0.3 is 0 Å². The van der Waals surface area contributed by atoms with Crippen molar-refractivity contribution in [3.8, 4) is 0 Å². The number of nitrogens with zero attached hydrogens (tertiary/aromatic N) is 3. The Kier molecular flexibility index (Phi) is 7.24. The Labute approximate surface area is 170 Å². The minimum Gasteiger partial charge on any atom is -0.362 e. The van der Waals surface area contributed by atoms with Gasteiger partial charge in [-0.3, -0.25) is 14.9 Å². The summed E-state index contributed by atoms with van der Waals surface area (Å²) in [6.45, 7) is 3.69. The SMILES string of the molecule is CS(=O)(=O)c1ccc(N2CCN(C(=O)C3CCNCC3)CC2)c([N+](=O)[O-])c1.Cl. The fourth-order valence-electron chi connectivity index (χ4n) is 3.64. The number of nitro benzene ring substituents is 1. The molecule has 28 heavy (non-hydrogen) atoms. The predicted octanol–water partition coefficient (Wildman–Crippen LogP) is 1.07. The first-order valence-electron chi connectivity index (χ1n) is 9.00. The van der Waals surface area contributed by atoms with E-state index in [9.17, 15) is 23.3 Å². The van der Waals surface area contributed by atoms with Crippen molar-refractivity contribution in [1.82, 2.24) is 10.2 Å². The highest BCUT2D eigenvalue weighted by Crippen LogP contribution is 2.31. The number of sulfone groups is 1. The smallest absolute Gasteiger partial charge is 0.293 e. The maximum atomic E-state index is 12.6. The maximum absolute atomic E-state index is 12.6. The van der Waals surface area contributed by atoms with E-state index in [4.69, 9.17) is 0 Å². The Balaban J connectivity index is 0.00000280. The number of halogens is 1. The molecule has 2 heterocycles. The van der Waals surface area contributed by atoms with Gasteiger partial charge in [-0.2, -0.15) is 0 Å². The number of piperazine rings is 1. The third-order valence-corrected chi connectivity index (χ3v) is 6.30. The molecule has 2 aliphatic rings. The van der Waals surface area contributed by atoms with Crippen LogP contribution in [0.2, 0.25) is 0 Å². The topological polar surface area (TPSA) is 113 Å². The average Bonchev–Trinajstić information content (AvgIpc) is 2.67. The minimum atomic E-state index is -3.52. The number of nitro groups is 1. The number of nitrogens with one attached hydrogen (secondary N) is 1. The van der Waals surface area contributed by atoms with E-state index >= 15 is 0 Å². The number of anilines is 1. The van der Waals surface area contributed by atoms with Crippen molar-refractivity contribution in [2.45, 2.75) is 17.7 Å². The standard InChI is InChI=1S/C17H24N4O5S.ClH/c1-27(25,26)14-2-3-15(16(12-14)21(23)24)19-8-10-20(11-9-19)17(22)13-4-6-18-7-5-13;/h2-3,12-13,18H,4-11H2,1H3;1H. The van der Waals surface area contributed by atoms with Gasteiger partial charge in [-0.15, -0.1) is 12.4 Å². The van der Waals surface area contributed by atoms with E-state index in [0.29, 0.717) is 31.9 Å². The van der Waals surface area contributed by atoms with Gasteiger partial charge in [0.15, 0.2) is 9.84 Å². The van der Waals surface area contributed by atoms with E-state index in [1.54, 1.807) is 0 Å². The maximum Gasteiger partial charge on any atom is 0.293 e. The molecule has 0 aliphatic carbocycles. The van der Waals surface area contributed by atoms with Crippen molar-refractivity contribution in [1.29, 1.82) is 0 Å². The van der Waals surface area contributed by atoms with Gasteiger partial charge < -0.3 is 15.1 Å². The van der Waals surface area contributed by atoms with Gasteiger partial charge in [0.05, 0.1) is 9.82 Å². The van der Waals surface area contributed by atoms with Gasteiger partial charge in [0.1, 0.15) is 5.69 Å². The molecular formula is C17H25ClN4O5S. The molecule has 156 valence electrons. The summed E-state index contributed by atoms with van der Waals surface area (Å²) in [4.78, 5) is 27.1. The highest BCUT2D eigenvalue weighted by molar-refractivity contribution is 7.90. The lowest BCUT2D eigenvalue weighted by Crippen LogP contribution is -2.51. The van der Waals surface area contributed by atoms with E-state index in [1.165, 1.54) is 12.1 Å². The summed E-state index contributed by atoms with van der Waals surface area (Å²) < 4.78 is 23.4. The molecule has 1 amide bonds. The lowest BCUT2D eigenvalue weighted by Gasteiger charge is -2.38. The van der Waals surface area contributed by atoms with Gasteiger partial charge in [0.2, 0.25) is 5.91 Å². The molecule has 0 spiro atoms. The number of hydrogen-bond acceptors (Lipinski definition) is 7. The molecule has 1 N–H and O–H groups in total. The van der Waals surface area contributed by atoms with Crippen LogP contribution in [0.3, 0.4) is 0 Å². The van der Waals surface area contributed by atoms with E-state index in [-0.39, 0.29) is 34.8 Å². The molecule has 9 nitrogen and oxygen atoms in total. The average molecular weight is 433 g/mol. The summed E-state index contributed by atoms with van der Waals surface area (Å²) in [7, 11) is -3.52. The molecule has 3 rings (SSSR count). The summed E-state index contributed by atoms with van der Waals surface area (Å²) in [6, 6.07) is 3.99. The molecule has 1 aromatic rings. The molecule has 0 radical (unpaired) electrons. The molecule has 0 atom stereocenters. The quantitative estimate of drug-likeness (QED) is 0.559. The predicted molar refractivity (Wildman–Crippen MR) is 108 cm³/mol. The van der Waals surface area contributed by atoms with Crippen LogP contribution in [0.25, 0.3) is 0 Å². The van der Waals surface area contributed by atoms with Crippen molar-refractivity contribution >= 4 is 39.5 Å². The zero-order valence-electron chi connectivity index (χ0n) is 15.7. The number of carbonyl (C=O) groups is 1. The van der Waals surface area contributed by atoms with Crippen LogP contribution in [-0.4, -0.2) is 69.7 Å². The summed E-state index contributed by atoms with van der Waals surface area (Å²) in [5, 5.41) is 14.7. The van der Waals surface area contributed by atoms with Crippen molar-refractivity contribution in [3.05, 3.63) is 28.3 Å². The van der Waals surface area contributed by atoms with Gasteiger partial charge in [0.25, 0.3) is 5.69 Å². The summed E-state index contributed by atoms with van der Waals surface area (Å²) in [6.07, 6.45) is 2.71. The molecule has 11 heteroatoms. The number of benzene rings is 1. The number of rotatable bonds is 4. The Morgan fingerprint density at radius 3 is 2.32 bits per heavy atom. The van der Waals surface area contributed by atoms with Crippen LogP contribution in [-0.2, 0) is 14.6 Å². The van der Waals surface area contributed by atoms with Crippen LogP contribution in [0.1, 0.15) is 12.8 Å². The second-order valence-electron chi connectivity index (χ2n) is 7.02. The molecule has 2 aliphatic heterocycles. The van der Waals surface area contributed by atoms with Gasteiger partial charge in [0, 0.05) is 44.4 Å². The first kappa shape index (κ1) is 22.4. The van der Waals surface area contributed by atoms with Crippen LogP contribution in [0.5, 0.6) is 0 Å². The third kappa shape index (κ3) is 4.92. The number of amides is 1. The first-order valence-corrected chi connectivity index (χ1v) is 10.9. The minimum absolute atomic E-state index is 0. The van der Waals surface area contributed by atoms with E-state index in [0.717, 1.165) is 38.3 Å². The van der Waals surface area contributed by atoms with Gasteiger partial charge in [-0.25, -0.2) is 8.42 Å². The van der Waals surface area contributed by atoms with Gasteiger partial charge in [-0.05, 0) is 38.1 Å². The molecule has 1 aromatic carbocycles.